The zero-order chi connectivity index (χ0) is 10.8. The molecule has 1 aliphatic carbocycles. The number of rotatable bonds is 2. The Bertz CT molecular complexity index is 213. The summed E-state index contributed by atoms with van der Waals surface area (Å²) in [6.07, 6.45) is 2.38. The van der Waals surface area contributed by atoms with Gasteiger partial charge in [0.1, 0.15) is 0 Å². The van der Waals surface area contributed by atoms with Gasteiger partial charge < -0.3 is 5.32 Å². The zero-order valence-corrected chi connectivity index (χ0v) is 9.59. The second-order valence-corrected chi connectivity index (χ2v) is 5.09. The summed E-state index contributed by atoms with van der Waals surface area (Å²) in [5.41, 5.74) is 2.82. The van der Waals surface area contributed by atoms with Crippen molar-refractivity contribution in [3.63, 3.8) is 0 Å². The van der Waals surface area contributed by atoms with Crippen molar-refractivity contribution in [2.45, 2.75) is 52.6 Å². The van der Waals surface area contributed by atoms with E-state index in [1.165, 1.54) is 12.8 Å². The first-order valence-electron chi connectivity index (χ1n) is 5.24. The van der Waals surface area contributed by atoms with Gasteiger partial charge in [-0.15, -0.1) is 0 Å². The van der Waals surface area contributed by atoms with E-state index in [1.807, 2.05) is 0 Å². The highest BCUT2D eigenvalue weighted by molar-refractivity contribution is 5.79. The van der Waals surface area contributed by atoms with Crippen molar-refractivity contribution in [2.24, 2.45) is 16.3 Å². The van der Waals surface area contributed by atoms with Crippen molar-refractivity contribution in [1.29, 1.82) is 0 Å². The molecule has 0 aromatic carbocycles. The van der Waals surface area contributed by atoms with Crippen molar-refractivity contribution in [1.82, 2.24) is 10.7 Å². The smallest absolute Gasteiger partial charge is 0.206 e. The number of hydrogen-bond acceptors (Lipinski definition) is 2. The molecular weight excluding hydrogens is 176 g/mol. The van der Waals surface area contributed by atoms with Gasteiger partial charge in [0.15, 0.2) is 0 Å². The standard InChI is InChI=1S/C10H22N4/c1-7(10(2,3)4)12-9(14-11)13-8-5-6-8/h7-8H,5-6,11H2,1-4H3,(H2,12,13,14). The van der Waals surface area contributed by atoms with Crippen LogP contribution in [0.25, 0.3) is 0 Å². The first kappa shape index (κ1) is 11.3. The van der Waals surface area contributed by atoms with Gasteiger partial charge in [-0.1, -0.05) is 20.8 Å². The lowest BCUT2D eigenvalue weighted by atomic mass is 9.88. The number of nitrogens with two attached hydrogens (primary N) is 1. The molecule has 1 rings (SSSR count). The molecule has 0 aliphatic heterocycles. The highest BCUT2D eigenvalue weighted by Gasteiger charge is 2.24. The molecule has 0 heterocycles. The molecule has 1 saturated carbocycles. The van der Waals surface area contributed by atoms with Crippen LogP contribution in [0.15, 0.2) is 4.99 Å². The molecule has 82 valence electrons. The number of guanidine groups is 1. The molecule has 1 unspecified atom stereocenters. The summed E-state index contributed by atoms with van der Waals surface area (Å²) in [4.78, 5) is 4.43. The second-order valence-electron chi connectivity index (χ2n) is 5.09. The van der Waals surface area contributed by atoms with Crippen molar-refractivity contribution in [2.75, 3.05) is 0 Å². The third kappa shape index (κ3) is 3.54. The first-order valence-corrected chi connectivity index (χ1v) is 5.24. The van der Waals surface area contributed by atoms with E-state index in [0.717, 1.165) is 5.96 Å². The Morgan fingerprint density at radius 2 is 2.00 bits per heavy atom. The predicted octanol–water partition coefficient (Wildman–Crippen LogP) is 0.992. The average molecular weight is 198 g/mol. The van der Waals surface area contributed by atoms with Gasteiger partial charge in [0, 0.05) is 6.04 Å². The van der Waals surface area contributed by atoms with Crippen molar-refractivity contribution in [3.05, 3.63) is 0 Å². The third-order valence-electron chi connectivity index (χ3n) is 2.65. The normalized spacial score (nSPS) is 20.5. The van der Waals surface area contributed by atoms with Crippen LogP contribution in [0.1, 0.15) is 40.5 Å². The Balaban J connectivity index is 2.47. The summed E-state index contributed by atoms with van der Waals surface area (Å²) in [6.45, 7) is 8.71. The van der Waals surface area contributed by atoms with Gasteiger partial charge in [-0.25, -0.2) is 10.8 Å². The first-order chi connectivity index (χ1) is 6.43. The highest BCUT2D eigenvalue weighted by Crippen LogP contribution is 2.23. The summed E-state index contributed by atoms with van der Waals surface area (Å²) >= 11 is 0. The van der Waals surface area contributed by atoms with Gasteiger partial charge in [-0.2, -0.15) is 0 Å². The second kappa shape index (κ2) is 4.17. The van der Waals surface area contributed by atoms with Crippen molar-refractivity contribution >= 4 is 5.96 Å². The molecule has 1 fully saturated rings. The van der Waals surface area contributed by atoms with Crippen LogP contribution in [0.2, 0.25) is 0 Å². The highest BCUT2D eigenvalue weighted by atomic mass is 15.3. The molecule has 0 bridgehead atoms. The number of aliphatic imine (C=N–C) groups is 1. The minimum Gasteiger partial charge on any atom is -0.352 e. The third-order valence-corrected chi connectivity index (χ3v) is 2.65. The monoisotopic (exact) mass is 198 g/mol. The Hall–Kier alpha value is -0.770. The van der Waals surface area contributed by atoms with E-state index in [4.69, 9.17) is 5.84 Å². The zero-order valence-electron chi connectivity index (χ0n) is 9.59. The number of hydrazine groups is 1. The van der Waals surface area contributed by atoms with Gasteiger partial charge in [-0.3, -0.25) is 5.43 Å². The summed E-state index contributed by atoms with van der Waals surface area (Å²) in [7, 11) is 0. The molecule has 4 heteroatoms. The largest absolute Gasteiger partial charge is 0.352 e. The van der Waals surface area contributed by atoms with Crippen LogP contribution in [-0.4, -0.2) is 18.0 Å². The number of nitrogens with zero attached hydrogens (tertiary/aromatic N) is 1. The topological polar surface area (TPSA) is 62.4 Å². The van der Waals surface area contributed by atoms with Gasteiger partial charge >= 0.3 is 0 Å². The molecule has 4 nitrogen and oxygen atoms in total. The lowest BCUT2D eigenvalue weighted by Gasteiger charge is -2.29. The van der Waals surface area contributed by atoms with E-state index in [0.29, 0.717) is 12.1 Å². The van der Waals surface area contributed by atoms with Gasteiger partial charge in [-0.05, 0) is 25.2 Å². The van der Waals surface area contributed by atoms with Crippen molar-refractivity contribution < 1.29 is 0 Å². The number of nitrogens with one attached hydrogen (secondary N) is 2. The molecule has 1 aliphatic rings. The molecule has 0 amide bonds. The molecule has 0 aromatic heterocycles. The molecule has 0 aromatic rings. The van der Waals surface area contributed by atoms with E-state index in [1.54, 1.807) is 0 Å². The summed E-state index contributed by atoms with van der Waals surface area (Å²) in [5, 5.41) is 3.29. The Kier molecular flexibility index (Phi) is 3.37. The molecule has 0 spiro atoms. The van der Waals surface area contributed by atoms with E-state index < -0.39 is 0 Å². The number of hydrogen-bond donors (Lipinski definition) is 3. The van der Waals surface area contributed by atoms with E-state index in [2.05, 4.69) is 43.4 Å². The van der Waals surface area contributed by atoms with E-state index >= 15 is 0 Å². The predicted molar refractivity (Wildman–Crippen MR) is 59.8 cm³/mol. The molecular formula is C10H22N4. The van der Waals surface area contributed by atoms with Crippen LogP contribution < -0.4 is 16.6 Å². The van der Waals surface area contributed by atoms with Gasteiger partial charge in [0.05, 0.1) is 6.04 Å². The van der Waals surface area contributed by atoms with Crippen LogP contribution in [-0.2, 0) is 0 Å². The Morgan fingerprint density at radius 1 is 1.43 bits per heavy atom. The minimum absolute atomic E-state index is 0.209. The van der Waals surface area contributed by atoms with E-state index in [-0.39, 0.29) is 5.41 Å². The van der Waals surface area contributed by atoms with Crippen LogP contribution >= 0.6 is 0 Å². The summed E-state index contributed by atoms with van der Waals surface area (Å²) in [6, 6.07) is 0.830. The van der Waals surface area contributed by atoms with Crippen LogP contribution in [0.5, 0.6) is 0 Å². The summed E-state index contributed by atoms with van der Waals surface area (Å²) < 4.78 is 0. The van der Waals surface area contributed by atoms with E-state index in [9.17, 15) is 0 Å². The molecule has 1 atom stereocenters. The fraction of sp³-hybridized carbons (Fsp3) is 0.900. The molecule has 4 N–H and O–H groups in total. The average Bonchev–Trinajstić information content (AvgIpc) is 2.85. The van der Waals surface area contributed by atoms with Crippen LogP contribution in [0, 0.1) is 5.41 Å². The maximum absolute atomic E-state index is 5.40. The Labute approximate surface area is 86.3 Å². The molecule has 0 saturated heterocycles. The molecule has 14 heavy (non-hydrogen) atoms. The minimum atomic E-state index is 0.209. The summed E-state index contributed by atoms with van der Waals surface area (Å²) in [5.74, 6) is 6.11. The van der Waals surface area contributed by atoms with Crippen LogP contribution in [0.4, 0.5) is 0 Å². The van der Waals surface area contributed by atoms with Gasteiger partial charge in [0.25, 0.3) is 0 Å². The van der Waals surface area contributed by atoms with Crippen LogP contribution in [0.3, 0.4) is 0 Å². The van der Waals surface area contributed by atoms with Crippen molar-refractivity contribution in [3.8, 4) is 0 Å². The quantitative estimate of drug-likeness (QED) is 0.268. The maximum atomic E-state index is 5.40. The Morgan fingerprint density at radius 3 is 2.36 bits per heavy atom. The fourth-order valence-corrected chi connectivity index (χ4v) is 0.924. The fourth-order valence-electron chi connectivity index (χ4n) is 0.924. The lowest BCUT2D eigenvalue weighted by molar-refractivity contribution is 0.314. The maximum Gasteiger partial charge on any atom is 0.206 e. The lowest BCUT2D eigenvalue weighted by Crippen LogP contribution is -2.49. The van der Waals surface area contributed by atoms with Gasteiger partial charge in [0.2, 0.25) is 5.96 Å². The SMILES string of the molecule is CC(NC(=NC1CC1)NN)C(C)(C)C. The molecule has 0 radical (unpaired) electrons.